The molecule has 0 fully saturated rings. The van der Waals surface area contributed by atoms with Gasteiger partial charge >= 0.3 is 0 Å². The van der Waals surface area contributed by atoms with Crippen LogP contribution in [0.3, 0.4) is 0 Å². The Morgan fingerprint density at radius 1 is 1.06 bits per heavy atom. The van der Waals surface area contributed by atoms with E-state index in [1.807, 2.05) is 57.3 Å². The molecule has 6 nitrogen and oxygen atoms in total. The molecule has 0 aliphatic carbocycles. The molecule has 7 heteroatoms. The first-order chi connectivity index (χ1) is 14.9. The van der Waals surface area contributed by atoms with Crippen molar-refractivity contribution in [2.75, 3.05) is 20.7 Å². The van der Waals surface area contributed by atoms with Crippen molar-refractivity contribution in [2.45, 2.75) is 45.4 Å². The van der Waals surface area contributed by atoms with E-state index in [2.05, 4.69) is 18.9 Å². The number of hydrogen-bond acceptors (Lipinski definition) is 4. The van der Waals surface area contributed by atoms with Gasteiger partial charge in [-0.2, -0.15) is 5.10 Å². The normalized spacial score (nSPS) is 12.5. The van der Waals surface area contributed by atoms with E-state index in [4.69, 9.17) is 4.74 Å². The molecule has 0 radical (unpaired) electrons. The predicted octanol–water partition coefficient (Wildman–Crippen LogP) is 5.34. The highest BCUT2D eigenvalue weighted by atomic mass is 32.2. The molecular formula is C25H33N3O3S. The maximum atomic E-state index is 13.1. The van der Waals surface area contributed by atoms with Crippen molar-refractivity contribution in [1.29, 1.82) is 0 Å². The Kier molecular flexibility index (Phi) is 6.81. The molecule has 0 N–H and O–H groups in total. The van der Waals surface area contributed by atoms with E-state index in [9.17, 15) is 8.42 Å². The zero-order valence-electron chi connectivity index (χ0n) is 20.0. The van der Waals surface area contributed by atoms with Crippen molar-refractivity contribution in [3.05, 3.63) is 60.4 Å². The zero-order valence-corrected chi connectivity index (χ0v) is 20.8. The van der Waals surface area contributed by atoms with Gasteiger partial charge in [0.1, 0.15) is 5.69 Å². The number of nitrogens with zero attached hydrogens (tertiary/aromatic N) is 3. The SMILES string of the molecule is COc1cn(-c2cccc(-c3cccc(S(=O)(=O)N(C)CC(C)(C)C)c3)c2)nc1C(C)C. The Labute approximate surface area is 191 Å². The molecule has 3 aromatic rings. The van der Waals surface area contributed by atoms with Crippen molar-refractivity contribution in [3.63, 3.8) is 0 Å². The zero-order chi connectivity index (χ0) is 23.7. The van der Waals surface area contributed by atoms with E-state index in [0.717, 1.165) is 28.3 Å². The lowest BCUT2D eigenvalue weighted by Gasteiger charge is -2.26. The average Bonchev–Trinajstić information content (AvgIpc) is 3.18. The van der Waals surface area contributed by atoms with Gasteiger partial charge in [0.2, 0.25) is 10.0 Å². The summed E-state index contributed by atoms with van der Waals surface area (Å²) in [6.07, 6.45) is 1.87. The topological polar surface area (TPSA) is 64.4 Å². The van der Waals surface area contributed by atoms with Crippen molar-refractivity contribution in [3.8, 4) is 22.6 Å². The highest BCUT2D eigenvalue weighted by Gasteiger charge is 2.25. The minimum atomic E-state index is -3.58. The Morgan fingerprint density at radius 3 is 2.25 bits per heavy atom. The minimum Gasteiger partial charge on any atom is -0.493 e. The number of aromatic nitrogens is 2. The molecule has 0 unspecified atom stereocenters. The van der Waals surface area contributed by atoms with E-state index >= 15 is 0 Å². The van der Waals surface area contributed by atoms with Gasteiger partial charge in [0.25, 0.3) is 0 Å². The monoisotopic (exact) mass is 455 g/mol. The van der Waals surface area contributed by atoms with Gasteiger partial charge in [-0.1, -0.05) is 58.9 Å². The summed E-state index contributed by atoms with van der Waals surface area (Å²) < 4.78 is 34.9. The quantitative estimate of drug-likeness (QED) is 0.482. The summed E-state index contributed by atoms with van der Waals surface area (Å²) in [5, 5.41) is 4.69. The fourth-order valence-corrected chi connectivity index (χ4v) is 5.10. The van der Waals surface area contributed by atoms with Crippen molar-refractivity contribution < 1.29 is 13.2 Å². The predicted molar refractivity (Wildman–Crippen MR) is 129 cm³/mol. The van der Waals surface area contributed by atoms with Gasteiger partial charge in [0.15, 0.2) is 5.75 Å². The van der Waals surface area contributed by atoms with E-state index < -0.39 is 10.0 Å². The summed E-state index contributed by atoms with van der Waals surface area (Å²) in [5.74, 6) is 0.988. The Morgan fingerprint density at radius 2 is 1.69 bits per heavy atom. The number of ether oxygens (including phenoxy) is 1. The number of benzene rings is 2. The third-order valence-electron chi connectivity index (χ3n) is 5.16. The molecular weight excluding hydrogens is 422 g/mol. The molecule has 0 amide bonds. The second-order valence-electron chi connectivity index (χ2n) is 9.58. The summed E-state index contributed by atoms with van der Waals surface area (Å²) in [5.41, 5.74) is 3.39. The molecule has 0 saturated heterocycles. The number of rotatable bonds is 7. The van der Waals surface area contributed by atoms with Crippen LogP contribution in [0.15, 0.2) is 59.6 Å². The van der Waals surface area contributed by atoms with Crippen LogP contribution < -0.4 is 4.74 Å². The van der Waals surface area contributed by atoms with Gasteiger partial charge < -0.3 is 4.74 Å². The second kappa shape index (κ2) is 9.08. The van der Waals surface area contributed by atoms with Gasteiger partial charge in [0, 0.05) is 19.5 Å². The van der Waals surface area contributed by atoms with Crippen LogP contribution in [0.25, 0.3) is 16.8 Å². The van der Waals surface area contributed by atoms with Crippen LogP contribution >= 0.6 is 0 Å². The third kappa shape index (κ3) is 5.22. The van der Waals surface area contributed by atoms with Crippen LogP contribution in [0, 0.1) is 5.41 Å². The molecule has 0 spiro atoms. The van der Waals surface area contributed by atoms with Crippen molar-refractivity contribution in [2.24, 2.45) is 5.41 Å². The van der Waals surface area contributed by atoms with E-state index in [0.29, 0.717) is 6.54 Å². The molecule has 0 atom stereocenters. The molecule has 0 bridgehead atoms. The average molecular weight is 456 g/mol. The summed E-state index contributed by atoms with van der Waals surface area (Å²) >= 11 is 0. The Hall–Kier alpha value is -2.64. The van der Waals surface area contributed by atoms with Crippen LogP contribution in [-0.4, -0.2) is 43.2 Å². The fourth-order valence-electron chi connectivity index (χ4n) is 3.66. The fraction of sp³-hybridized carbons (Fsp3) is 0.400. The summed E-state index contributed by atoms with van der Waals surface area (Å²) in [4.78, 5) is 0.287. The Balaban J connectivity index is 1.97. The van der Waals surface area contributed by atoms with Crippen LogP contribution in [-0.2, 0) is 10.0 Å². The molecule has 0 aliphatic rings. The number of sulfonamides is 1. The van der Waals surface area contributed by atoms with E-state index in [1.54, 1.807) is 37.0 Å². The maximum Gasteiger partial charge on any atom is 0.242 e. The van der Waals surface area contributed by atoms with Crippen molar-refractivity contribution >= 4 is 10.0 Å². The van der Waals surface area contributed by atoms with E-state index in [-0.39, 0.29) is 16.2 Å². The largest absolute Gasteiger partial charge is 0.493 e. The Bertz CT molecular complexity index is 1190. The smallest absolute Gasteiger partial charge is 0.242 e. The summed E-state index contributed by atoms with van der Waals surface area (Å²) in [6, 6.07) is 15.0. The molecule has 2 aromatic carbocycles. The minimum absolute atomic E-state index is 0.132. The lowest BCUT2D eigenvalue weighted by Crippen LogP contribution is -2.34. The maximum absolute atomic E-state index is 13.1. The molecule has 1 heterocycles. The van der Waals surface area contributed by atoms with Gasteiger partial charge in [-0.15, -0.1) is 0 Å². The van der Waals surface area contributed by atoms with Gasteiger partial charge in [0.05, 0.1) is 23.9 Å². The summed E-state index contributed by atoms with van der Waals surface area (Å²) in [6.45, 7) is 10.7. The standard InChI is InChI=1S/C25H33N3O3S/c1-18(2)24-23(31-7)16-28(26-24)21-12-8-10-19(14-21)20-11-9-13-22(15-20)32(29,30)27(6)17-25(3,4)5/h8-16,18H,17H2,1-7H3. The van der Waals surface area contributed by atoms with Gasteiger partial charge in [-0.3, -0.25) is 0 Å². The molecule has 1 aromatic heterocycles. The molecule has 0 aliphatic heterocycles. The first-order valence-electron chi connectivity index (χ1n) is 10.7. The lowest BCUT2D eigenvalue weighted by molar-refractivity contribution is 0.311. The van der Waals surface area contributed by atoms with Crippen molar-refractivity contribution in [1.82, 2.24) is 14.1 Å². The highest BCUT2D eigenvalue weighted by molar-refractivity contribution is 7.89. The number of methoxy groups -OCH3 is 1. The lowest BCUT2D eigenvalue weighted by atomic mass is 9.97. The summed E-state index contributed by atoms with van der Waals surface area (Å²) in [7, 11) is -0.306. The molecule has 172 valence electrons. The second-order valence-corrected chi connectivity index (χ2v) is 11.6. The molecule has 3 rings (SSSR count). The van der Waals surface area contributed by atoms with Crippen LogP contribution in [0.4, 0.5) is 0 Å². The first-order valence-corrected chi connectivity index (χ1v) is 12.2. The number of hydrogen-bond donors (Lipinski definition) is 0. The molecule has 0 saturated carbocycles. The van der Waals surface area contributed by atoms with E-state index in [1.165, 1.54) is 4.31 Å². The first kappa shape index (κ1) is 24.0. The highest BCUT2D eigenvalue weighted by Crippen LogP contribution is 2.29. The van der Waals surface area contributed by atoms with Crippen LogP contribution in [0.5, 0.6) is 5.75 Å². The van der Waals surface area contributed by atoms with Crippen LogP contribution in [0.1, 0.15) is 46.2 Å². The van der Waals surface area contributed by atoms with Crippen LogP contribution in [0.2, 0.25) is 0 Å². The third-order valence-corrected chi connectivity index (χ3v) is 6.96. The molecule has 32 heavy (non-hydrogen) atoms. The van der Waals surface area contributed by atoms with Gasteiger partial charge in [-0.05, 0) is 40.8 Å². The van der Waals surface area contributed by atoms with Gasteiger partial charge in [-0.25, -0.2) is 17.4 Å².